The minimum Gasteiger partial charge on any atom is -0.360 e. The highest BCUT2D eigenvalue weighted by atomic mass is 16.5. The average Bonchev–Trinajstić information content (AvgIpc) is 2.96. The Balaban J connectivity index is 1.83. The lowest BCUT2D eigenvalue weighted by atomic mass is 9.88. The minimum absolute atomic E-state index is 0.0541. The van der Waals surface area contributed by atoms with Crippen molar-refractivity contribution in [2.24, 2.45) is 5.92 Å². The summed E-state index contributed by atoms with van der Waals surface area (Å²) in [5.74, 6) is 1.49. The summed E-state index contributed by atoms with van der Waals surface area (Å²) in [6.45, 7) is 2.21. The SMILES string of the molecule is CC1CCc2onc(C(=O)NC3CC3)c2C1. The van der Waals surface area contributed by atoms with E-state index in [2.05, 4.69) is 17.4 Å². The van der Waals surface area contributed by atoms with E-state index in [4.69, 9.17) is 4.52 Å². The molecule has 4 heteroatoms. The van der Waals surface area contributed by atoms with E-state index in [9.17, 15) is 4.79 Å². The maximum Gasteiger partial charge on any atom is 0.273 e. The first-order chi connectivity index (χ1) is 7.74. The fourth-order valence-corrected chi connectivity index (χ4v) is 2.24. The number of amides is 1. The van der Waals surface area contributed by atoms with Crippen molar-refractivity contribution in [3.05, 3.63) is 17.0 Å². The van der Waals surface area contributed by atoms with Crippen molar-refractivity contribution in [3.8, 4) is 0 Å². The Morgan fingerprint density at radius 2 is 2.25 bits per heavy atom. The maximum atomic E-state index is 11.9. The van der Waals surface area contributed by atoms with E-state index in [1.54, 1.807) is 0 Å². The zero-order chi connectivity index (χ0) is 11.1. The third kappa shape index (κ3) is 1.72. The van der Waals surface area contributed by atoms with Gasteiger partial charge in [0.2, 0.25) is 0 Å². The minimum atomic E-state index is -0.0541. The number of carbonyl (C=O) groups is 1. The Labute approximate surface area is 94.4 Å². The van der Waals surface area contributed by atoms with Gasteiger partial charge in [0.15, 0.2) is 5.69 Å². The maximum absolute atomic E-state index is 11.9. The van der Waals surface area contributed by atoms with Crippen LogP contribution in [-0.2, 0) is 12.8 Å². The van der Waals surface area contributed by atoms with Crippen LogP contribution in [0.2, 0.25) is 0 Å². The van der Waals surface area contributed by atoms with Crippen LogP contribution in [0.4, 0.5) is 0 Å². The van der Waals surface area contributed by atoms with Gasteiger partial charge >= 0.3 is 0 Å². The van der Waals surface area contributed by atoms with E-state index >= 15 is 0 Å². The van der Waals surface area contributed by atoms with Crippen LogP contribution in [0, 0.1) is 5.92 Å². The van der Waals surface area contributed by atoms with Gasteiger partial charge in [0.1, 0.15) is 5.76 Å². The molecule has 4 nitrogen and oxygen atoms in total. The van der Waals surface area contributed by atoms with Crippen molar-refractivity contribution >= 4 is 5.91 Å². The molecule has 16 heavy (non-hydrogen) atoms. The number of aromatic nitrogens is 1. The lowest BCUT2D eigenvalue weighted by Gasteiger charge is -2.16. The van der Waals surface area contributed by atoms with Gasteiger partial charge in [-0.2, -0.15) is 0 Å². The molecule has 0 aromatic carbocycles. The molecule has 0 spiro atoms. The van der Waals surface area contributed by atoms with Crippen molar-refractivity contribution in [2.75, 3.05) is 0 Å². The summed E-state index contributed by atoms with van der Waals surface area (Å²) in [4.78, 5) is 11.9. The van der Waals surface area contributed by atoms with Crippen LogP contribution < -0.4 is 5.32 Å². The van der Waals surface area contributed by atoms with E-state index in [0.717, 1.165) is 43.4 Å². The van der Waals surface area contributed by atoms with Gasteiger partial charge in [-0.15, -0.1) is 0 Å². The largest absolute Gasteiger partial charge is 0.360 e. The highest BCUT2D eigenvalue weighted by Crippen LogP contribution is 2.28. The number of aryl methyl sites for hydroxylation is 1. The van der Waals surface area contributed by atoms with Gasteiger partial charge in [-0.25, -0.2) is 0 Å². The predicted molar refractivity (Wildman–Crippen MR) is 58.2 cm³/mol. The summed E-state index contributed by atoms with van der Waals surface area (Å²) in [5.41, 5.74) is 1.56. The standard InChI is InChI=1S/C12H16N2O2/c1-7-2-5-10-9(6-7)11(14-16-10)12(15)13-8-3-4-8/h7-8H,2-6H2,1H3,(H,13,15). The van der Waals surface area contributed by atoms with Crippen LogP contribution in [0.25, 0.3) is 0 Å². The van der Waals surface area contributed by atoms with Gasteiger partial charge in [0.05, 0.1) is 0 Å². The van der Waals surface area contributed by atoms with Crippen molar-refractivity contribution in [2.45, 2.75) is 45.1 Å². The molecule has 0 radical (unpaired) electrons. The number of hydrogen-bond donors (Lipinski definition) is 1. The molecule has 0 saturated heterocycles. The van der Waals surface area contributed by atoms with Crippen LogP contribution in [-0.4, -0.2) is 17.1 Å². The molecule has 86 valence electrons. The monoisotopic (exact) mass is 220 g/mol. The highest BCUT2D eigenvalue weighted by Gasteiger charge is 2.30. The topological polar surface area (TPSA) is 55.1 Å². The summed E-state index contributed by atoms with van der Waals surface area (Å²) >= 11 is 0. The van der Waals surface area contributed by atoms with E-state index < -0.39 is 0 Å². The van der Waals surface area contributed by atoms with Crippen LogP contribution in [0.3, 0.4) is 0 Å². The highest BCUT2D eigenvalue weighted by molar-refractivity contribution is 5.94. The molecular weight excluding hydrogens is 204 g/mol. The smallest absolute Gasteiger partial charge is 0.273 e. The van der Waals surface area contributed by atoms with Crippen molar-refractivity contribution in [1.82, 2.24) is 10.5 Å². The Kier molecular flexibility index (Phi) is 2.23. The number of rotatable bonds is 2. The van der Waals surface area contributed by atoms with Crippen molar-refractivity contribution < 1.29 is 9.32 Å². The van der Waals surface area contributed by atoms with Crippen LogP contribution in [0.5, 0.6) is 0 Å². The molecule has 1 N–H and O–H groups in total. The summed E-state index contributed by atoms with van der Waals surface area (Å²) < 4.78 is 5.25. The molecule has 1 fully saturated rings. The molecule has 1 unspecified atom stereocenters. The summed E-state index contributed by atoms with van der Waals surface area (Å²) in [6.07, 6.45) is 5.17. The quantitative estimate of drug-likeness (QED) is 0.825. The third-order valence-electron chi connectivity index (χ3n) is 3.41. The zero-order valence-electron chi connectivity index (χ0n) is 9.45. The molecule has 0 aliphatic heterocycles. The second-order valence-electron chi connectivity index (χ2n) is 5.03. The molecule has 1 aromatic heterocycles. The van der Waals surface area contributed by atoms with Crippen molar-refractivity contribution in [3.63, 3.8) is 0 Å². The van der Waals surface area contributed by atoms with Gasteiger partial charge in [-0.1, -0.05) is 12.1 Å². The predicted octanol–water partition coefficient (Wildman–Crippen LogP) is 1.69. The van der Waals surface area contributed by atoms with Crippen LogP contribution in [0.1, 0.15) is 48.0 Å². The summed E-state index contributed by atoms with van der Waals surface area (Å²) in [6, 6.07) is 0.376. The fourth-order valence-electron chi connectivity index (χ4n) is 2.24. The molecule has 1 saturated carbocycles. The Morgan fingerprint density at radius 1 is 1.44 bits per heavy atom. The number of hydrogen-bond acceptors (Lipinski definition) is 3. The first-order valence-electron chi connectivity index (χ1n) is 6.02. The van der Waals surface area contributed by atoms with Gasteiger partial charge in [-0.05, 0) is 31.6 Å². The molecule has 1 aromatic rings. The molecule has 1 heterocycles. The lowest BCUT2D eigenvalue weighted by molar-refractivity contribution is 0.0941. The van der Waals surface area contributed by atoms with Gasteiger partial charge in [0, 0.05) is 18.0 Å². The zero-order valence-corrected chi connectivity index (χ0v) is 9.45. The van der Waals surface area contributed by atoms with E-state index in [-0.39, 0.29) is 5.91 Å². The van der Waals surface area contributed by atoms with E-state index in [1.807, 2.05) is 0 Å². The second-order valence-corrected chi connectivity index (χ2v) is 5.03. The molecule has 1 amide bonds. The van der Waals surface area contributed by atoms with Gasteiger partial charge < -0.3 is 9.84 Å². The average molecular weight is 220 g/mol. The molecule has 2 aliphatic carbocycles. The normalized spacial score (nSPS) is 23.9. The Hall–Kier alpha value is -1.32. The Morgan fingerprint density at radius 3 is 3.00 bits per heavy atom. The van der Waals surface area contributed by atoms with E-state index in [1.165, 1.54) is 0 Å². The first kappa shape index (κ1) is 9.87. The van der Waals surface area contributed by atoms with Crippen LogP contribution >= 0.6 is 0 Å². The second kappa shape index (κ2) is 3.61. The van der Waals surface area contributed by atoms with Gasteiger partial charge in [0.25, 0.3) is 5.91 Å². The molecular formula is C12H16N2O2. The number of fused-ring (bicyclic) bond motifs is 1. The number of carbonyl (C=O) groups excluding carboxylic acids is 1. The summed E-state index contributed by atoms with van der Waals surface area (Å²) in [7, 11) is 0. The number of nitrogens with zero attached hydrogens (tertiary/aromatic N) is 1. The van der Waals surface area contributed by atoms with E-state index in [0.29, 0.717) is 17.7 Å². The molecule has 2 aliphatic rings. The third-order valence-corrected chi connectivity index (χ3v) is 3.41. The van der Waals surface area contributed by atoms with Gasteiger partial charge in [-0.3, -0.25) is 4.79 Å². The van der Waals surface area contributed by atoms with Crippen molar-refractivity contribution in [1.29, 1.82) is 0 Å². The molecule has 3 rings (SSSR count). The first-order valence-corrected chi connectivity index (χ1v) is 6.02. The molecule has 0 bridgehead atoms. The molecule has 1 atom stereocenters. The fraction of sp³-hybridized carbons (Fsp3) is 0.667. The van der Waals surface area contributed by atoms with Crippen LogP contribution in [0.15, 0.2) is 4.52 Å². The summed E-state index contributed by atoms with van der Waals surface area (Å²) in [5, 5.41) is 6.89. The lowest BCUT2D eigenvalue weighted by Crippen LogP contribution is -2.27. The Bertz CT molecular complexity index is 421. The number of nitrogens with one attached hydrogen (secondary N) is 1.